The minimum Gasteiger partial charge on any atom is -0.310 e. The zero-order valence-corrected chi connectivity index (χ0v) is 11.2. The van der Waals surface area contributed by atoms with Gasteiger partial charge in [-0.15, -0.1) is 0 Å². The Morgan fingerprint density at radius 2 is 1.55 bits per heavy atom. The topological polar surface area (TPSA) is 12.0 Å². The molecule has 1 atom stereocenters. The van der Waals surface area contributed by atoms with Gasteiger partial charge in [0.25, 0.3) is 0 Å². The lowest BCUT2D eigenvalue weighted by atomic mass is 10.1. The number of halogens is 3. The van der Waals surface area contributed by atoms with E-state index in [0.29, 0.717) is 6.54 Å². The number of hydrogen-bond donors (Lipinski definition) is 1. The molecular weight excluding hydrogens is 263 g/mol. The third kappa shape index (κ3) is 3.84. The molecule has 2 rings (SSSR count). The molecule has 106 valence electrons. The molecule has 20 heavy (non-hydrogen) atoms. The normalized spacial score (nSPS) is 12.4. The van der Waals surface area contributed by atoms with Crippen LogP contribution in [0.1, 0.15) is 18.1 Å². The van der Waals surface area contributed by atoms with Crippen molar-refractivity contribution < 1.29 is 13.2 Å². The van der Waals surface area contributed by atoms with E-state index in [1.807, 2.05) is 6.92 Å². The first-order chi connectivity index (χ1) is 9.56. The summed E-state index contributed by atoms with van der Waals surface area (Å²) >= 11 is 0. The molecule has 0 aliphatic heterocycles. The lowest BCUT2D eigenvalue weighted by molar-refractivity contribution is 0.499. The molecule has 0 saturated heterocycles. The van der Waals surface area contributed by atoms with Crippen LogP contribution in [0.4, 0.5) is 13.2 Å². The maximum atomic E-state index is 13.5. The van der Waals surface area contributed by atoms with Crippen LogP contribution in [0.15, 0.2) is 42.5 Å². The molecule has 1 N–H and O–H groups in total. The van der Waals surface area contributed by atoms with Crippen molar-refractivity contribution >= 4 is 0 Å². The number of rotatable bonds is 5. The highest BCUT2D eigenvalue weighted by Gasteiger charge is 2.12. The number of benzene rings is 2. The Balaban J connectivity index is 1.92. The molecule has 0 amide bonds. The smallest absolute Gasteiger partial charge is 0.129 e. The monoisotopic (exact) mass is 279 g/mol. The Morgan fingerprint density at radius 1 is 0.950 bits per heavy atom. The third-order valence-electron chi connectivity index (χ3n) is 3.14. The van der Waals surface area contributed by atoms with Crippen molar-refractivity contribution in [2.45, 2.75) is 25.9 Å². The molecule has 2 aromatic carbocycles. The molecule has 0 heterocycles. The Bertz CT molecular complexity index is 546. The summed E-state index contributed by atoms with van der Waals surface area (Å²) in [5.41, 5.74) is 1.01. The van der Waals surface area contributed by atoms with Gasteiger partial charge in [-0.05, 0) is 43.2 Å². The van der Waals surface area contributed by atoms with Crippen LogP contribution in [0.25, 0.3) is 0 Å². The van der Waals surface area contributed by atoms with E-state index in [0.717, 1.165) is 5.56 Å². The highest BCUT2D eigenvalue weighted by atomic mass is 19.1. The highest BCUT2D eigenvalue weighted by Crippen LogP contribution is 2.14. The summed E-state index contributed by atoms with van der Waals surface area (Å²) in [5.74, 6) is -1.34. The first-order valence-corrected chi connectivity index (χ1v) is 6.47. The summed E-state index contributed by atoms with van der Waals surface area (Å²) in [4.78, 5) is 0. The summed E-state index contributed by atoms with van der Waals surface area (Å²) in [6, 6.07) is 9.90. The van der Waals surface area contributed by atoms with Gasteiger partial charge in [-0.3, -0.25) is 0 Å². The molecule has 2 aromatic rings. The predicted molar refractivity (Wildman–Crippen MR) is 72.8 cm³/mol. The molecule has 0 radical (unpaired) electrons. The molecule has 1 nitrogen and oxygen atoms in total. The SMILES string of the molecule is CC(Cc1c(F)cccc1F)NCc1ccc(F)cc1. The fourth-order valence-corrected chi connectivity index (χ4v) is 2.00. The van der Waals surface area contributed by atoms with Gasteiger partial charge in [0.15, 0.2) is 0 Å². The van der Waals surface area contributed by atoms with Crippen LogP contribution >= 0.6 is 0 Å². The van der Waals surface area contributed by atoms with Gasteiger partial charge in [-0.25, -0.2) is 13.2 Å². The zero-order valence-electron chi connectivity index (χ0n) is 11.2. The largest absolute Gasteiger partial charge is 0.310 e. The number of hydrogen-bond acceptors (Lipinski definition) is 1. The van der Waals surface area contributed by atoms with Crippen LogP contribution in [0, 0.1) is 17.5 Å². The van der Waals surface area contributed by atoms with E-state index >= 15 is 0 Å². The third-order valence-corrected chi connectivity index (χ3v) is 3.14. The van der Waals surface area contributed by atoms with Crippen molar-refractivity contribution in [1.29, 1.82) is 0 Å². The average molecular weight is 279 g/mol. The van der Waals surface area contributed by atoms with E-state index in [1.165, 1.54) is 30.3 Å². The molecular formula is C16H16F3N. The predicted octanol–water partition coefficient (Wildman–Crippen LogP) is 3.82. The zero-order chi connectivity index (χ0) is 14.5. The molecule has 1 unspecified atom stereocenters. The molecule has 0 spiro atoms. The van der Waals surface area contributed by atoms with E-state index in [1.54, 1.807) is 12.1 Å². The highest BCUT2D eigenvalue weighted by molar-refractivity contribution is 5.21. The van der Waals surface area contributed by atoms with Gasteiger partial charge in [-0.1, -0.05) is 18.2 Å². The minimum absolute atomic E-state index is 0.0895. The van der Waals surface area contributed by atoms with E-state index in [2.05, 4.69) is 5.32 Å². The van der Waals surface area contributed by atoms with Gasteiger partial charge in [0.2, 0.25) is 0 Å². The standard InChI is InChI=1S/C16H16F3N/c1-11(9-14-15(18)3-2-4-16(14)19)20-10-12-5-7-13(17)8-6-12/h2-8,11,20H,9-10H2,1H3. The first-order valence-electron chi connectivity index (χ1n) is 6.47. The van der Waals surface area contributed by atoms with E-state index in [4.69, 9.17) is 0 Å². The first kappa shape index (κ1) is 14.6. The fourth-order valence-electron chi connectivity index (χ4n) is 2.00. The lowest BCUT2D eigenvalue weighted by Crippen LogP contribution is -2.28. The summed E-state index contributed by atoms with van der Waals surface area (Å²) in [6.45, 7) is 2.38. The van der Waals surface area contributed by atoms with E-state index in [-0.39, 0.29) is 23.8 Å². The molecule has 0 saturated carbocycles. The second-order valence-corrected chi connectivity index (χ2v) is 4.81. The minimum atomic E-state index is -0.527. The summed E-state index contributed by atoms with van der Waals surface area (Å²) in [7, 11) is 0. The molecule has 0 aliphatic carbocycles. The van der Waals surface area contributed by atoms with E-state index in [9.17, 15) is 13.2 Å². The fraction of sp³-hybridized carbons (Fsp3) is 0.250. The van der Waals surface area contributed by atoms with Gasteiger partial charge >= 0.3 is 0 Å². The van der Waals surface area contributed by atoms with E-state index < -0.39 is 11.6 Å². The van der Waals surface area contributed by atoms with Crippen molar-refractivity contribution in [1.82, 2.24) is 5.32 Å². The Labute approximate surface area is 116 Å². The summed E-state index contributed by atoms with van der Waals surface area (Å²) < 4.78 is 39.8. The Morgan fingerprint density at radius 3 is 2.15 bits per heavy atom. The maximum absolute atomic E-state index is 13.5. The molecule has 0 fully saturated rings. The van der Waals surface area contributed by atoms with Crippen LogP contribution < -0.4 is 5.32 Å². The summed E-state index contributed by atoms with van der Waals surface area (Å²) in [6.07, 6.45) is 0.264. The van der Waals surface area contributed by atoms with Crippen molar-refractivity contribution in [3.05, 3.63) is 71.0 Å². The van der Waals surface area contributed by atoms with Crippen molar-refractivity contribution in [2.75, 3.05) is 0 Å². The van der Waals surface area contributed by atoms with Gasteiger partial charge in [0.1, 0.15) is 17.5 Å². The Hall–Kier alpha value is -1.81. The van der Waals surface area contributed by atoms with Crippen LogP contribution in [0.5, 0.6) is 0 Å². The van der Waals surface area contributed by atoms with Crippen LogP contribution in [0.2, 0.25) is 0 Å². The molecule has 0 aromatic heterocycles. The van der Waals surface area contributed by atoms with Gasteiger partial charge in [0.05, 0.1) is 0 Å². The van der Waals surface area contributed by atoms with Crippen molar-refractivity contribution in [3.63, 3.8) is 0 Å². The van der Waals surface area contributed by atoms with Crippen LogP contribution in [-0.4, -0.2) is 6.04 Å². The quantitative estimate of drug-likeness (QED) is 0.877. The van der Waals surface area contributed by atoms with Gasteiger partial charge in [-0.2, -0.15) is 0 Å². The van der Waals surface area contributed by atoms with Crippen LogP contribution in [0.3, 0.4) is 0 Å². The maximum Gasteiger partial charge on any atom is 0.129 e. The van der Waals surface area contributed by atoms with Gasteiger partial charge in [0, 0.05) is 18.2 Å². The molecule has 0 bridgehead atoms. The number of nitrogens with one attached hydrogen (secondary N) is 1. The van der Waals surface area contributed by atoms with Crippen molar-refractivity contribution in [2.24, 2.45) is 0 Å². The van der Waals surface area contributed by atoms with Crippen LogP contribution in [-0.2, 0) is 13.0 Å². The van der Waals surface area contributed by atoms with Gasteiger partial charge < -0.3 is 5.32 Å². The second kappa shape index (κ2) is 6.57. The lowest BCUT2D eigenvalue weighted by Gasteiger charge is -2.15. The summed E-state index contributed by atoms with van der Waals surface area (Å²) in [5, 5.41) is 3.17. The average Bonchev–Trinajstić information content (AvgIpc) is 2.42. The Kier molecular flexibility index (Phi) is 4.79. The molecule has 0 aliphatic rings. The molecule has 4 heteroatoms. The second-order valence-electron chi connectivity index (χ2n) is 4.81. The van der Waals surface area contributed by atoms with Crippen molar-refractivity contribution in [3.8, 4) is 0 Å².